The van der Waals surface area contributed by atoms with Crippen molar-refractivity contribution >= 4 is 18.2 Å². The third-order valence-electron chi connectivity index (χ3n) is 2.47. The van der Waals surface area contributed by atoms with E-state index in [4.69, 9.17) is 11.0 Å². The molecule has 3 heteroatoms. The summed E-state index contributed by atoms with van der Waals surface area (Å²) in [6.45, 7) is -4.43. The highest BCUT2D eigenvalue weighted by molar-refractivity contribution is 6.00. The Labute approximate surface area is 121 Å². The maximum atomic E-state index is 12.7. The molecule has 0 aliphatic carbocycles. The molecule has 0 saturated carbocycles. The van der Waals surface area contributed by atoms with Gasteiger partial charge >= 0.3 is 0 Å². The van der Waals surface area contributed by atoms with Gasteiger partial charge in [0.1, 0.15) is 0 Å². The molecule has 1 saturated heterocycles. The molecule has 2 rings (SSSR count). The number of Topliss-reactive ketones (excluding diaryl/α,β-unsaturated/α-hetero) is 1. The third-order valence-corrected chi connectivity index (χ3v) is 2.47. The molecule has 0 amide bonds. The Morgan fingerprint density at radius 1 is 1.35 bits per heavy atom. The van der Waals surface area contributed by atoms with E-state index in [1.807, 2.05) is 0 Å². The van der Waals surface area contributed by atoms with Crippen LogP contribution in [-0.2, 0) is 0 Å². The van der Waals surface area contributed by atoms with Crippen LogP contribution in [0, 0.1) is 0 Å². The predicted octanol–water partition coefficient (Wildman–Crippen LogP) is 3.17. The molecule has 1 heterocycles. The molecule has 94 valence electrons. The van der Waals surface area contributed by atoms with Gasteiger partial charge in [0.15, 0.2) is 5.78 Å². The fourth-order valence-corrected chi connectivity index (χ4v) is 1.64. The van der Waals surface area contributed by atoms with Gasteiger partial charge in [0.2, 0.25) is 0 Å². The molecule has 2 nitrogen and oxygen atoms in total. The largest absolute Gasteiger partial charge is 0.293 e. The number of carbonyl (C=O) groups is 1. The quantitative estimate of drug-likeness (QED) is 0.776. The Balaban J connectivity index is 0.00000312. The van der Waals surface area contributed by atoms with Crippen molar-refractivity contribution < 1.29 is 15.8 Å². The van der Waals surface area contributed by atoms with E-state index < -0.39 is 37.6 Å². The van der Waals surface area contributed by atoms with Gasteiger partial charge < -0.3 is 0 Å². The number of nitrogens with zero attached hydrogens (tertiary/aromatic N) is 1. The van der Waals surface area contributed by atoms with Crippen molar-refractivity contribution in [3.05, 3.63) is 35.9 Å². The molecule has 1 atom stereocenters. The number of hydrogen-bond donors (Lipinski definition) is 0. The smallest absolute Gasteiger partial charge is 0.179 e. The van der Waals surface area contributed by atoms with Gasteiger partial charge in [-0.2, -0.15) is 0 Å². The molecular formula is C14H20ClNO. The number of carbonyl (C=O) groups excluding carboxylic acids is 1. The first-order chi connectivity index (χ1) is 10.8. The summed E-state index contributed by atoms with van der Waals surface area (Å²) in [5.74, 6) is -0.570. The van der Waals surface area contributed by atoms with Gasteiger partial charge in [0, 0.05) is 16.5 Å². The number of rotatable bonds is 4. The second kappa shape index (κ2) is 6.77. The lowest BCUT2D eigenvalue weighted by Crippen LogP contribution is -2.38. The van der Waals surface area contributed by atoms with Crippen LogP contribution in [0.25, 0.3) is 0 Å². The Bertz CT molecular complexity index is 611. The van der Waals surface area contributed by atoms with E-state index in [-0.39, 0.29) is 24.4 Å². The lowest BCUT2D eigenvalue weighted by atomic mass is 10.0. The van der Waals surface area contributed by atoms with Crippen LogP contribution in [0.5, 0.6) is 0 Å². The molecule has 1 fully saturated rings. The number of hydrogen-bond acceptors (Lipinski definition) is 2. The van der Waals surface area contributed by atoms with E-state index in [1.54, 1.807) is 25.1 Å². The van der Waals surface area contributed by atoms with Crippen molar-refractivity contribution in [2.45, 2.75) is 32.1 Å². The summed E-state index contributed by atoms with van der Waals surface area (Å²) in [6.07, 6.45) is -6.25. The Morgan fingerprint density at radius 3 is 2.47 bits per heavy atom. The zero-order valence-electron chi connectivity index (χ0n) is 17.4. The van der Waals surface area contributed by atoms with Crippen molar-refractivity contribution in [2.75, 3.05) is 13.0 Å². The Kier molecular flexibility index (Phi) is 2.53. The van der Waals surface area contributed by atoms with Crippen LogP contribution in [0.2, 0.25) is 0 Å². The highest BCUT2D eigenvalue weighted by atomic mass is 35.5. The normalized spacial score (nSPS) is 36.3. The summed E-state index contributed by atoms with van der Waals surface area (Å²) in [7, 11) is 0. The van der Waals surface area contributed by atoms with Gasteiger partial charge in [-0.1, -0.05) is 37.3 Å². The van der Waals surface area contributed by atoms with Gasteiger partial charge in [0.05, 0.1) is 6.04 Å². The second-order valence-electron chi connectivity index (χ2n) is 3.50. The topological polar surface area (TPSA) is 20.3 Å². The molecule has 1 aromatic carbocycles. The van der Waals surface area contributed by atoms with Crippen LogP contribution in [0.4, 0.5) is 0 Å². The standard InChI is InChI=1S/C14H19NO.ClH/c1-2-13(15-10-6-7-11-15)14(16)12-8-4-3-5-9-12;/h3-5,8-9,13H,2,6-7,10-11H2,1H3;1H/i6D2,7D2,10D2,11D2;. The van der Waals surface area contributed by atoms with Crippen molar-refractivity contribution in [1.82, 2.24) is 4.90 Å². The Morgan fingerprint density at radius 2 is 1.94 bits per heavy atom. The average Bonchev–Trinajstić information content (AvgIpc) is 2.57. The lowest BCUT2D eigenvalue weighted by Gasteiger charge is -2.25. The first-order valence-corrected chi connectivity index (χ1v) is 5.22. The van der Waals surface area contributed by atoms with E-state index in [0.717, 1.165) is 0 Å². The van der Waals surface area contributed by atoms with Crippen molar-refractivity contribution in [1.29, 1.82) is 0 Å². The zero-order chi connectivity index (χ0) is 18.6. The highest BCUT2D eigenvalue weighted by Crippen LogP contribution is 2.17. The molecular weight excluding hydrogens is 234 g/mol. The van der Waals surface area contributed by atoms with E-state index >= 15 is 0 Å². The van der Waals surface area contributed by atoms with Crippen LogP contribution < -0.4 is 0 Å². The third kappa shape index (κ3) is 3.30. The molecule has 0 bridgehead atoms. The van der Waals surface area contributed by atoms with E-state index in [2.05, 4.69) is 0 Å². The van der Waals surface area contributed by atoms with Gasteiger partial charge in [0.25, 0.3) is 0 Å². The van der Waals surface area contributed by atoms with Gasteiger partial charge in [-0.05, 0) is 32.2 Å². The minimum absolute atomic E-state index is 0. The van der Waals surface area contributed by atoms with Crippen molar-refractivity contribution in [3.8, 4) is 0 Å². The number of halogens is 1. The molecule has 17 heavy (non-hydrogen) atoms. The maximum Gasteiger partial charge on any atom is 0.179 e. The summed E-state index contributed by atoms with van der Waals surface area (Å²) in [4.78, 5) is 13.2. The van der Waals surface area contributed by atoms with Gasteiger partial charge in [-0.25, -0.2) is 0 Å². The molecule has 1 aromatic rings. The fraction of sp³-hybridized carbons (Fsp3) is 0.500. The molecule has 1 aliphatic heterocycles. The molecule has 0 aromatic heterocycles. The molecule has 0 N–H and O–H groups in total. The summed E-state index contributed by atoms with van der Waals surface area (Å²) in [5, 5.41) is 0. The predicted molar refractivity (Wildman–Crippen MR) is 72.9 cm³/mol. The van der Waals surface area contributed by atoms with E-state index in [0.29, 0.717) is 4.90 Å². The second-order valence-corrected chi connectivity index (χ2v) is 3.50. The van der Waals surface area contributed by atoms with Gasteiger partial charge in [-0.15, -0.1) is 12.4 Å². The minimum atomic E-state index is -3.13. The number of ketones is 1. The Hall–Kier alpha value is -0.860. The van der Waals surface area contributed by atoms with Crippen LogP contribution in [-0.4, -0.2) is 29.7 Å². The van der Waals surface area contributed by atoms with Gasteiger partial charge in [-0.3, -0.25) is 9.69 Å². The first-order valence-electron chi connectivity index (χ1n) is 9.22. The summed E-state index contributed by atoms with van der Waals surface area (Å²) < 4.78 is 63.4. The van der Waals surface area contributed by atoms with Crippen molar-refractivity contribution in [3.63, 3.8) is 0 Å². The lowest BCUT2D eigenvalue weighted by molar-refractivity contribution is 0.0844. The van der Waals surface area contributed by atoms with E-state index in [1.165, 1.54) is 12.1 Å². The highest BCUT2D eigenvalue weighted by Gasteiger charge is 2.26. The summed E-state index contributed by atoms with van der Waals surface area (Å²) >= 11 is 0. The summed E-state index contributed by atoms with van der Waals surface area (Å²) in [6, 6.07) is 6.62. The van der Waals surface area contributed by atoms with Crippen molar-refractivity contribution in [2.24, 2.45) is 0 Å². The van der Waals surface area contributed by atoms with Crippen LogP contribution >= 0.6 is 12.4 Å². The first kappa shape index (κ1) is 6.35. The fourth-order valence-electron chi connectivity index (χ4n) is 1.64. The molecule has 1 aliphatic rings. The maximum absolute atomic E-state index is 12.7. The van der Waals surface area contributed by atoms with E-state index in [9.17, 15) is 4.79 Å². The zero-order valence-corrected chi connectivity index (χ0v) is 10.3. The monoisotopic (exact) mass is 261 g/mol. The number of benzene rings is 1. The summed E-state index contributed by atoms with van der Waals surface area (Å²) in [5.41, 5.74) is 0.240. The van der Waals surface area contributed by atoms with Crippen LogP contribution in [0.3, 0.4) is 0 Å². The molecule has 0 spiro atoms. The molecule has 1 unspecified atom stereocenters. The number of likely N-dealkylation sites (tertiary alicyclic amines) is 1. The molecule has 0 radical (unpaired) electrons. The van der Waals surface area contributed by atoms with Crippen LogP contribution in [0.1, 0.15) is 47.4 Å². The average molecular weight is 262 g/mol. The minimum Gasteiger partial charge on any atom is -0.293 e. The SMILES string of the molecule is Cl.[2H]C1([2H])N(C(CC)C(=O)c2ccccc2)C([2H])([2H])C([2H])([2H])C1([2H])[2H]. The van der Waals surface area contributed by atoms with Crippen LogP contribution in [0.15, 0.2) is 30.3 Å².